The van der Waals surface area contributed by atoms with Crippen LogP contribution in [0.4, 0.5) is 0 Å². The lowest BCUT2D eigenvalue weighted by Gasteiger charge is -2.33. The van der Waals surface area contributed by atoms with Crippen LogP contribution >= 0.6 is 0 Å². The molecule has 3 rings (SSSR count). The summed E-state index contributed by atoms with van der Waals surface area (Å²) < 4.78 is 5.54. The van der Waals surface area contributed by atoms with Crippen LogP contribution in [0.3, 0.4) is 0 Å². The van der Waals surface area contributed by atoms with Crippen LogP contribution in [-0.2, 0) is 9.53 Å². The maximum Gasteiger partial charge on any atom is 0.234 e. The summed E-state index contributed by atoms with van der Waals surface area (Å²) in [7, 11) is 0. The van der Waals surface area contributed by atoms with Crippen molar-refractivity contribution in [2.24, 2.45) is 23.5 Å². The van der Waals surface area contributed by atoms with Crippen LogP contribution in [0, 0.1) is 17.8 Å². The molecule has 1 amide bonds. The lowest BCUT2D eigenvalue weighted by atomic mass is 9.84. The number of ether oxygens (including phenoxy) is 1. The van der Waals surface area contributed by atoms with Gasteiger partial charge in [-0.15, -0.1) is 0 Å². The van der Waals surface area contributed by atoms with Crippen LogP contribution < -0.4 is 11.1 Å². The topological polar surface area (TPSA) is 67.6 Å². The third kappa shape index (κ3) is 3.58. The molecule has 1 heterocycles. The molecule has 2 aliphatic carbocycles. The Morgan fingerprint density at radius 1 is 1.43 bits per heavy atom. The molecule has 0 radical (unpaired) electrons. The molecular formula is C16H29N3O2. The van der Waals surface area contributed by atoms with Crippen molar-refractivity contribution in [1.29, 1.82) is 0 Å². The minimum atomic E-state index is 0.0783. The lowest BCUT2D eigenvalue weighted by molar-refractivity contribution is -0.125. The number of nitrogens with one attached hydrogen (secondary N) is 1. The Morgan fingerprint density at radius 3 is 2.95 bits per heavy atom. The number of hydrogen-bond donors (Lipinski definition) is 2. The van der Waals surface area contributed by atoms with Gasteiger partial charge in [0.2, 0.25) is 5.91 Å². The Labute approximate surface area is 127 Å². The zero-order valence-corrected chi connectivity index (χ0v) is 13.1. The first-order valence-electron chi connectivity index (χ1n) is 8.49. The van der Waals surface area contributed by atoms with Crippen molar-refractivity contribution in [2.45, 2.75) is 44.8 Å². The molecule has 0 aromatic heterocycles. The summed E-state index contributed by atoms with van der Waals surface area (Å²) in [6.45, 7) is 5.46. The quantitative estimate of drug-likeness (QED) is 0.779. The van der Waals surface area contributed by atoms with Crippen LogP contribution in [0.1, 0.15) is 32.6 Å². The van der Waals surface area contributed by atoms with E-state index in [0.717, 1.165) is 24.9 Å². The Bertz CT molecular complexity index is 377. The molecule has 3 fully saturated rings. The van der Waals surface area contributed by atoms with Gasteiger partial charge < -0.3 is 15.8 Å². The average Bonchev–Trinajstić information content (AvgIpc) is 3.10. The van der Waals surface area contributed by atoms with E-state index >= 15 is 0 Å². The first-order valence-corrected chi connectivity index (χ1v) is 8.49. The summed E-state index contributed by atoms with van der Waals surface area (Å²) in [5.41, 5.74) is 5.64. The summed E-state index contributed by atoms with van der Waals surface area (Å²) in [6.07, 6.45) is 5.58. The minimum Gasteiger partial charge on any atom is -0.374 e. The van der Waals surface area contributed by atoms with E-state index in [1.54, 1.807) is 0 Å². The highest BCUT2D eigenvalue weighted by molar-refractivity contribution is 5.78. The van der Waals surface area contributed by atoms with Gasteiger partial charge in [-0.05, 0) is 43.9 Å². The first-order chi connectivity index (χ1) is 10.2. The van der Waals surface area contributed by atoms with Crippen LogP contribution in [0.25, 0.3) is 0 Å². The summed E-state index contributed by atoms with van der Waals surface area (Å²) in [5.74, 6) is 2.65. The second-order valence-electron chi connectivity index (χ2n) is 7.16. The second-order valence-corrected chi connectivity index (χ2v) is 7.16. The fourth-order valence-corrected chi connectivity index (χ4v) is 4.58. The number of fused-ring (bicyclic) bond motifs is 2. The van der Waals surface area contributed by atoms with Crippen LogP contribution in [-0.4, -0.2) is 55.7 Å². The van der Waals surface area contributed by atoms with E-state index in [1.807, 2.05) is 0 Å². The summed E-state index contributed by atoms with van der Waals surface area (Å²) in [5, 5.41) is 3.23. The molecule has 5 heteroatoms. The number of hydrogen-bond acceptors (Lipinski definition) is 4. The summed E-state index contributed by atoms with van der Waals surface area (Å²) >= 11 is 0. The van der Waals surface area contributed by atoms with Crippen molar-refractivity contribution in [3.05, 3.63) is 0 Å². The Hall–Kier alpha value is -0.650. The summed E-state index contributed by atoms with van der Waals surface area (Å²) in [6, 6.07) is 0.319. The molecule has 21 heavy (non-hydrogen) atoms. The molecular weight excluding hydrogens is 266 g/mol. The van der Waals surface area contributed by atoms with E-state index in [4.69, 9.17) is 10.5 Å². The third-order valence-electron chi connectivity index (χ3n) is 5.68. The smallest absolute Gasteiger partial charge is 0.234 e. The highest BCUT2D eigenvalue weighted by atomic mass is 16.5. The van der Waals surface area contributed by atoms with Crippen molar-refractivity contribution >= 4 is 5.91 Å². The van der Waals surface area contributed by atoms with Gasteiger partial charge in [0, 0.05) is 25.7 Å². The first kappa shape index (κ1) is 15.3. The van der Waals surface area contributed by atoms with Gasteiger partial charge in [0.1, 0.15) is 0 Å². The maximum atomic E-state index is 12.3. The number of nitrogens with two attached hydrogens (primary N) is 1. The number of rotatable bonds is 5. The minimum absolute atomic E-state index is 0.0783. The highest BCUT2D eigenvalue weighted by Crippen LogP contribution is 2.49. The number of morpholine rings is 1. The van der Waals surface area contributed by atoms with Crippen molar-refractivity contribution in [3.8, 4) is 0 Å². The molecule has 2 saturated carbocycles. The maximum absolute atomic E-state index is 12.3. The molecule has 3 aliphatic rings. The van der Waals surface area contributed by atoms with Gasteiger partial charge in [0.05, 0.1) is 19.3 Å². The number of nitrogens with zero attached hydrogens (tertiary/aromatic N) is 1. The molecule has 0 spiro atoms. The van der Waals surface area contributed by atoms with E-state index in [2.05, 4.69) is 17.1 Å². The molecule has 5 unspecified atom stereocenters. The Balaban J connectivity index is 1.43. The van der Waals surface area contributed by atoms with E-state index in [1.165, 1.54) is 25.7 Å². The van der Waals surface area contributed by atoms with E-state index in [0.29, 0.717) is 31.7 Å². The molecule has 1 saturated heterocycles. The predicted octanol–water partition coefficient (Wildman–Crippen LogP) is 0.587. The van der Waals surface area contributed by atoms with Gasteiger partial charge in [0.15, 0.2) is 0 Å². The Kier molecular flexibility index (Phi) is 4.82. The molecule has 1 aliphatic heterocycles. The van der Waals surface area contributed by atoms with Gasteiger partial charge >= 0.3 is 0 Å². The van der Waals surface area contributed by atoms with E-state index in [-0.39, 0.29) is 12.0 Å². The molecule has 5 nitrogen and oxygen atoms in total. The molecule has 2 bridgehead atoms. The fraction of sp³-hybridized carbons (Fsp3) is 0.938. The molecule has 120 valence electrons. The molecule has 5 atom stereocenters. The average molecular weight is 295 g/mol. The number of carbonyl (C=O) groups excluding carboxylic acids is 1. The number of carbonyl (C=O) groups is 1. The zero-order valence-electron chi connectivity index (χ0n) is 13.1. The Morgan fingerprint density at radius 2 is 2.29 bits per heavy atom. The predicted molar refractivity (Wildman–Crippen MR) is 81.8 cm³/mol. The van der Waals surface area contributed by atoms with Crippen LogP contribution in [0.5, 0.6) is 0 Å². The highest BCUT2D eigenvalue weighted by Gasteiger charge is 2.42. The lowest BCUT2D eigenvalue weighted by Crippen LogP contribution is -2.50. The second kappa shape index (κ2) is 6.63. The molecule has 0 aromatic carbocycles. The van der Waals surface area contributed by atoms with E-state index < -0.39 is 0 Å². The number of amides is 1. The van der Waals surface area contributed by atoms with Crippen molar-refractivity contribution in [2.75, 3.05) is 32.8 Å². The van der Waals surface area contributed by atoms with Gasteiger partial charge in [-0.1, -0.05) is 6.42 Å². The van der Waals surface area contributed by atoms with Gasteiger partial charge in [-0.2, -0.15) is 0 Å². The normalized spacial score (nSPS) is 37.6. The summed E-state index contributed by atoms with van der Waals surface area (Å²) in [4.78, 5) is 14.4. The van der Waals surface area contributed by atoms with E-state index in [9.17, 15) is 4.79 Å². The van der Waals surface area contributed by atoms with Crippen molar-refractivity contribution in [1.82, 2.24) is 10.2 Å². The molecule has 3 N–H and O–H groups in total. The zero-order chi connectivity index (χ0) is 14.8. The van der Waals surface area contributed by atoms with Gasteiger partial charge in [0.25, 0.3) is 0 Å². The van der Waals surface area contributed by atoms with Crippen molar-refractivity contribution < 1.29 is 9.53 Å². The fourth-order valence-electron chi connectivity index (χ4n) is 4.58. The largest absolute Gasteiger partial charge is 0.374 e. The van der Waals surface area contributed by atoms with Gasteiger partial charge in [-0.3, -0.25) is 9.69 Å². The monoisotopic (exact) mass is 295 g/mol. The van der Waals surface area contributed by atoms with Gasteiger partial charge in [-0.25, -0.2) is 0 Å². The molecule has 0 aromatic rings. The third-order valence-corrected chi connectivity index (χ3v) is 5.68. The standard InChI is InChI=1S/C16H29N3O2/c1-11(15-7-12-2-3-13(15)6-12)18-16(20)10-19-4-5-21-14(8-17)9-19/h11-15H,2-10,17H2,1H3,(H,18,20). The van der Waals surface area contributed by atoms with Crippen LogP contribution in [0.15, 0.2) is 0 Å². The van der Waals surface area contributed by atoms with Crippen molar-refractivity contribution in [3.63, 3.8) is 0 Å². The SMILES string of the molecule is CC(NC(=O)CN1CCOC(CN)C1)C1CC2CCC1C2. The van der Waals surface area contributed by atoms with Crippen LogP contribution in [0.2, 0.25) is 0 Å².